The summed E-state index contributed by atoms with van der Waals surface area (Å²) in [4.78, 5) is 33.5. The minimum atomic E-state index is 0.0520. The molecule has 0 aliphatic carbocycles. The largest absolute Gasteiger partial charge is 0.497 e. The van der Waals surface area contributed by atoms with Gasteiger partial charge in [-0.15, -0.1) is 11.3 Å². The molecule has 33 heavy (non-hydrogen) atoms. The predicted octanol–water partition coefficient (Wildman–Crippen LogP) is 3.81. The molecule has 1 fully saturated rings. The molecule has 0 saturated carbocycles. The number of carbonyl (C=O) groups is 2. The van der Waals surface area contributed by atoms with E-state index in [0.717, 1.165) is 18.7 Å². The molecule has 178 valence electrons. The summed E-state index contributed by atoms with van der Waals surface area (Å²) >= 11 is 1.80. The Morgan fingerprint density at radius 3 is 2.52 bits per heavy atom. The molecule has 0 radical (unpaired) electrons. The van der Waals surface area contributed by atoms with Crippen LogP contribution >= 0.6 is 11.3 Å². The number of carbonyl (C=O) groups excluding carboxylic acids is 2. The smallest absolute Gasteiger partial charge is 0.236 e. The number of methoxy groups -OCH3 is 1. The second kappa shape index (κ2) is 10.3. The van der Waals surface area contributed by atoms with Gasteiger partial charge >= 0.3 is 0 Å². The summed E-state index contributed by atoms with van der Waals surface area (Å²) in [5, 5.41) is 2.15. The van der Waals surface area contributed by atoms with Crippen LogP contribution in [0, 0.1) is 5.92 Å². The van der Waals surface area contributed by atoms with E-state index in [-0.39, 0.29) is 23.9 Å². The maximum atomic E-state index is 13.4. The van der Waals surface area contributed by atoms with Gasteiger partial charge in [-0.2, -0.15) is 0 Å². The van der Waals surface area contributed by atoms with Crippen LogP contribution < -0.4 is 4.74 Å². The Morgan fingerprint density at radius 1 is 1.09 bits per heavy atom. The van der Waals surface area contributed by atoms with E-state index in [0.29, 0.717) is 38.5 Å². The van der Waals surface area contributed by atoms with Gasteiger partial charge in [-0.3, -0.25) is 14.5 Å². The zero-order valence-electron chi connectivity index (χ0n) is 20.1. The Balaban J connectivity index is 1.46. The molecule has 1 aromatic carbocycles. The van der Waals surface area contributed by atoms with Gasteiger partial charge in [0.15, 0.2) is 0 Å². The predicted molar refractivity (Wildman–Crippen MR) is 132 cm³/mol. The minimum Gasteiger partial charge on any atom is -0.497 e. The number of benzene rings is 1. The number of hydrogen-bond acceptors (Lipinski definition) is 5. The van der Waals surface area contributed by atoms with Gasteiger partial charge in [0.05, 0.1) is 19.7 Å². The van der Waals surface area contributed by atoms with Gasteiger partial charge in [0, 0.05) is 43.5 Å². The quantitative estimate of drug-likeness (QED) is 0.646. The second-order valence-electron chi connectivity index (χ2n) is 9.57. The molecule has 2 atom stereocenters. The average molecular weight is 470 g/mol. The Labute approximate surface area is 201 Å². The van der Waals surface area contributed by atoms with Gasteiger partial charge in [0.2, 0.25) is 11.8 Å². The van der Waals surface area contributed by atoms with Crippen LogP contribution in [0.25, 0.3) is 0 Å². The number of hydrogen-bond donors (Lipinski definition) is 0. The van der Waals surface area contributed by atoms with Crippen LogP contribution in [0.5, 0.6) is 5.75 Å². The van der Waals surface area contributed by atoms with Crippen molar-refractivity contribution in [3.8, 4) is 5.75 Å². The number of thiophene rings is 1. The molecule has 0 unspecified atom stereocenters. The Kier molecular flexibility index (Phi) is 7.39. The third kappa shape index (κ3) is 5.25. The van der Waals surface area contributed by atoms with Crippen LogP contribution in [0.3, 0.4) is 0 Å². The summed E-state index contributed by atoms with van der Waals surface area (Å²) in [6.45, 7) is 9.27. The zero-order valence-corrected chi connectivity index (χ0v) is 20.9. The van der Waals surface area contributed by atoms with Gasteiger partial charge in [0.25, 0.3) is 0 Å². The standard InChI is InChI=1S/C26H35N3O3S/c1-18(2)15-24(30)29-13-12-27(16-19(29)3)25(31)17-28-11-9-23-22(10-14-33-23)26(28)20-5-7-21(32-4)8-6-20/h5-8,10,14,18-19,26H,9,11-13,15-17H2,1-4H3/t19-,26+/m0/s1. The molecule has 2 amide bonds. The maximum Gasteiger partial charge on any atom is 0.236 e. The van der Waals surface area contributed by atoms with Gasteiger partial charge in [-0.05, 0) is 54.0 Å². The SMILES string of the molecule is COc1ccc([C@@H]2c3ccsc3CCN2CC(=O)N2CCN(C(=O)CC(C)C)[C@@H](C)C2)cc1. The van der Waals surface area contributed by atoms with Gasteiger partial charge < -0.3 is 14.5 Å². The van der Waals surface area contributed by atoms with Crippen molar-refractivity contribution >= 4 is 23.2 Å². The lowest BCUT2D eigenvalue weighted by molar-refractivity contribution is -0.143. The molecule has 0 N–H and O–H groups in total. The second-order valence-corrected chi connectivity index (χ2v) is 10.6. The fourth-order valence-corrected chi connectivity index (χ4v) is 5.91. The fraction of sp³-hybridized carbons (Fsp3) is 0.538. The van der Waals surface area contributed by atoms with Crippen LogP contribution in [0.4, 0.5) is 0 Å². The summed E-state index contributed by atoms with van der Waals surface area (Å²) in [7, 11) is 1.68. The summed E-state index contributed by atoms with van der Waals surface area (Å²) in [5.41, 5.74) is 2.49. The third-order valence-electron chi connectivity index (χ3n) is 6.72. The van der Waals surface area contributed by atoms with E-state index < -0.39 is 0 Å². The van der Waals surface area contributed by atoms with Crippen LogP contribution in [-0.4, -0.2) is 72.4 Å². The van der Waals surface area contributed by atoms with E-state index in [4.69, 9.17) is 4.74 Å². The number of amides is 2. The van der Waals surface area contributed by atoms with Crippen molar-refractivity contribution in [2.45, 2.75) is 45.7 Å². The molecule has 2 aromatic rings. The molecular weight excluding hydrogens is 434 g/mol. The summed E-state index contributed by atoms with van der Waals surface area (Å²) in [5.74, 6) is 1.53. The first-order valence-corrected chi connectivity index (χ1v) is 12.8. The molecule has 4 rings (SSSR count). The summed E-state index contributed by atoms with van der Waals surface area (Å²) in [6, 6.07) is 10.5. The van der Waals surface area contributed by atoms with Crippen LogP contribution in [0.1, 0.15) is 49.2 Å². The molecule has 0 spiro atoms. The lowest BCUT2D eigenvalue weighted by atomic mass is 9.93. The Bertz CT molecular complexity index is 971. The molecule has 6 nitrogen and oxygen atoms in total. The monoisotopic (exact) mass is 469 g/mol. The van der Waals surface area contributed by atoms with E-state index >= 15 is 0 Å². The number of nitrogens with zero attached hydrogens (tertiary/aromatic N) is 3. The van der Waals surface area contributed by atoms with Gasteiger partial charge in [-0.1, -0.05) is 26.0 Å². The maximum absolute atomic E-state index is 13.4. The fourth-order valence-electron chi connectivity index (χ4n) is 5.01. The van der Waals surface area contributed by atoms with E-state index in [9.17, 15) is 9.59 Å². The number of ether oxygens (including phenoxy) is 1. The Morgan fingerprint density at radius 2 is 1.85 bits per heavy atom. The minimum absolute atomic E-state index is 0.0520. The van der Waals surface area contributed by atoms with Crippen molar-refractivity contribution in [1.29, 1.82) is 0 Å². The first kappa shape index (κ1) is 23.8. The summed E-state index contributed by atoms with van der Waals surface area (Å²) < 4.78 is 5.34. The third-order valence-corrected chi connectivity index (χ3v) is 7.72. The highest BCUT2D eigenvalue weighted by Gasteiger charge is 2.34. The lowest BCUT2D eigenvalue weighted by Crippen LogP contribution is -2.57. The number of fused-ring (bicyclic) bond motifs is 1. The van der Waals surface area contributed by atoms with Crippen molar-refractivity contribution in [3.63, 3.8) is 0 Å². The molecule has 2 aliphatic rings. The van der Waals surface area contributed by atoms with Crippen molar-refractivity contribution in [2.24, 2.45) is 5.92 Å². The van der Waals surface area contributed by atoms with Crippen LogP contribution in [0.2, 0.25) is 0 Å². The normalized spacial score (nSPS) is 21.2. The highest BCUT2D eigenvalue weighted by atomic mass is 32.1. The number of rotatable bonds is 6. The number of piperazine rings is 1. The van der Waals surface area contributed by atoms with Crippen molar-refractivity contribution in [2.75, 3.05) is 39.8 Å². The molecule has 2 aliphatic heterocycles. The first-order valence-electron chi connectivity index (χ1n) is 11.9. The molecule has 7 heteroatoms. The van der Waals surface area contributed by atoms with E-state index in [1.54, 1.807) is 18.4 Å². The molecule has 1 saturated heterocycles. The first-order chi connectivity index (χ1) is 15.9. The van der Waals surface area contributed by atoms with E-state index in [1.165, 1.54) is 16.0 Å². The molecule has 3 heterocycles. The van der Waals surface area contributed by atoms with E-state index in [1.807, 2.05) is 21.9 Å². The Hall–Kier alpha value is -2.38. The van der Waals surface area contributed by atoms with Crippen molar-refractivity contribution in [1.82, 2.24) is 14.7 Å². The zero-order chi connectivity index (χ0) is 23.5. The van der Waals surface area contributed by atoms with E-state index in [2.05, 4.69) is 49.3 Å². The van der Waals surface area contributed by atoms with Crippen molar-refractivity contribution in [3.05, 3.63) is 51.7 Å². The average Bonchev–Trinajstić information content (AvgIpc) is 3.27. The molecular formula is C26H35N3O3S. The summed E-state index contributed by atoms with van der Waals surface area (Å²) in [6.07, 6.45) is 1.54. The lowest BCUT2D eigenvalue weighted by Gasteiger charge is -2.42. The van der Waals surface area contributed by atoms with Gasteiger partial charge in [0.1, 0.15) is 5.75 Å². The van der Waals surface area contributed by atoms with Crippen LogP contribution in [-0.2, 0) is 16.0 Å². The van der Waals surface area contributed by atoms with Crippen molar-refractivity contribution < 1.29 is 14.3 Å². The van der Waals surface area contributed by atoms with Crippen LogP contribution in [0.15, 0.2) is 35.7 Å². The highest BCUT2D eigenvalue weighted by Crippen LogP contribution is 2.38. The highest BCUT2D eigenvalue weighted by molar-refractivity contribution is 7.10. The molecule has 0 bridgehead atoms. The van der Waals surface area contributed by atoms with Gasteiger partial charge in [-0.25, -0.2) is 0 Å². The topological polar surface area (TPSA) is 53.1 Å². The molecule has 1 aromatic heterocycles.